The maximum absolute atomic E-state index is 13.1. The summed E-state index contributed by atoms with van der Waals surface area (Å²) in [5.74, 6) is 0.528. The second-order valence-corrected chi connectivity index (χ2v) is 5.95. The van der Waals surface area contributed by atoms with E-state index in [4.69, 9.17) is 4.74 Å². The van der Waals surface area contributed by atoms with Crippen molar-refractivity contribution in [2.75, 3.05) is 12.0 Å². The summed E-state index contributed by atoms with van der Waals surface area (Å²) < 4.78 is 18.4. The molecule has 0 N–H and O–H groups in total. The molecule has 2 aromatic carbocycles. The van der Waals surface area contributed by atoms with Crippen molar-refractivity contribution in [2.45, 2.75) is 32.2 Å². The lowest BCUT2D eigenvalue weighted by Gasteiger charge is -2.23. The number of halogens is 1. The normalized spacial score (nSPS) is 13.7. The Morgan fingerprint density at radius 2 is 1.91 bits per heavy atom. The minimum atomic E-state index is -0.291. The van der Waals surface area contributed by atoms with E-state index < -0.39 is 0 Å². The van der Waals surface area contributed by atoms with Gasteiger partial charge in [0.05, 0.1) is 13.5 Å². The first-order valence-corrected chi connectivity index (χ1v) is 7.79. The number of benzene rings is 2. The third-order valence-corrected chi connectivity index (χ3v) is 4.11. The molecule has 0 aromatic heterocycles. The number of methoxy groups -OCH3 is 1. The number of nitrogens with zero attached hydrogens (tertiary/aromatic N) is 1. The second-order valence-electron chi connectivity index (χ2n) is 5.95. The van der Waals surface area contributed by atoms with Gasteiger partial charge in [0.15, 0.2) is 0 Å². The Balaban J connectivity index is 1.81. The molecule has 1 fully saturated rings. The monoisotopic (exact) mass is 313 g/mol. The van der Waals surface area contributed by atoms with Crippen molar-refractivity contribution in [2.24, 2.45) is 0 Å². The van der Waals surface area contributed by atoms with E-state index in [2.05, 4.69) is 0 Å². The van der Waals surface area contributed by atoms with E-state index in [-0.39, 0.29) is 17.8 Å². The lowest BCUT2D eigenvalue weighted by Crippen LogP contribution is -2.34. The number of hydrogen-bond donors (Lipinski definition) is 0. The lowest BCUT2D eigenvalue weighted by atomic mass is 10.1. The van der Waals surface area contributed by atoms with Crippen molar-refractivity contribution in [1.82, 2.24) is 0 Å². The summed E-state index contributed by atoms with van der Waals surface area (Å²) in [5, 5.41) is 0. The van der Waals surface area contributed by atoms with Gasteiger partial charge in [0, 0.05) is 11.7 Å². The fourth-order valence-corrected chi connectivity index (χ4v) is 2.73. The molecule has 0 spiro atoms. The highest BCUT2D eigenvalue weighted by atomic mass is 19.1. The standard InChI is InChI=1S/C19H20FNO2/c1-13-3-4-14(11-18(13)23-2)12-19(22)21(17-9-10-17)16-7-5-15(20)6-8-16/h3-8,11,17H,9-10,12H2,1-2H3. The van der Waals surface area contributed by atoms with Crippen molar-refractivity contribution >= 4 is 11.6 Å². The van der Waals surface area contributed by atoms with E-state index in [0.29, 0.717) is 6.42 Å². The van der Waals surface area contributed by atoms with E-state index in [9.17, 15) is 9.18 Å². The maximum atomic E-state index is 13.1. The Morgan fingerprint density at radius 1 is 1.22 bits per heavy atom. The van der Waals surface area contributed by atoms with Gasteiger partial charge in [-0.1, -0.05) is 12.1 Å². The first kappa shape index (κ1) is 15.5. The summed E-state index contributed by atoms with van der Waals surface area (Å²) in [6.07, 6.45) is 2.31. The molecule has 1 saturated carbocycles. The lowest BCUT2D eigenvalue weighted by molar-refractivity contribution is -0.118. The van der Waals surface area contributed by atoms with Crippen LogP contribution in [0.1, 0.15) is 24.0 Å². The molecule has 0 aliphatic heterocycles. The highest BCUT2D eigenvalue weighted by Gasteiger charge is 2.33. The van der Waals surface area contributed by atoms with Crippen LogP contribution in [0.25, 0.3) is 0 Å². The van der Waals surface area contributed by atoms with Crippen LogP contribution in [0.15, 0.2) is 42.5 Å². The smallest absolute Gasteiger partial charge is 0.231 e. The Labute approximate surface area is 135 Å². The van der Waals surface area contributed by atoms with Crippen LogP contribution in [0.5, 0.6) is 5.75 Å². The van der Waals surface area contributed by atoms with Gasteiger partial charge in [0.2, 0.25) is 5.91 Å². The molecule has 120 valence electrons. The first-order chi connectivity index (χ1) is 11.1. The second kappa shape index (κ2) is 6.41. The zero-order valence-electron chi connectivity index (χ0n) is 13.4. The van der Waals surface area contributed by atoms with Gasteiger partial charge in [0.25, 0.3) is 0 Å². The number of carbonyl (C=O) groups excluding carboxylic acids is 1. The van der Waals surface area contributed by atoms with Crippen LogP contribution < -0.4 is 9.64 Å². The maximum Gasteiger partial charge on any atom is 0.231 e. The van der Waals surface area contributed by atoms with Crippen LogP contribution >= 0.6 is 0 Å². The van der Waals surface area contributed by atoms with Crippen LogP contribution in [-0.2, 0) is 11.2 Å². The minimum Gasteiger partial charge on any atom is -0.496 e. The van der Waals surface area contributed by atoms with Crippen LogP contribution in [0.2, 0.25) is 0 Å². The summed E-state index contributed by atoms with van der Waals surface area (Å²) in [5.41, 5.74) is 2.73. The highest BCUT2D eigenvalue weighted by molar-refractivity contribution is 5.95. The van der Waals surface area contributed by atoms with Crippen LogP contribution in [0.4, 0.5) is 10.1 Å². The van der Waals surface area contributed by atoms with Gasteiger partial charge in [-0.05, 0) is 61.2 Å². The molecule has 1 amide bonds. The highest BCUT2D eigenvalue weighted by Crippen LogP contribution is 2.32. The Kier molecular flexibility index (Phi) is 4.33. The van der Waals surface area contributed by atoms with E-state index in [1.54, 1.807) is 24.1 Å². The van der Waals surface area contributed by atoms with E-state index in [1.165, 1.54) is 12.1 Å². The summed E-state index contributed by atoms with van der Waals surface area (Å²) in [4.78, 5) is 14.6. The molecule has 23 heavy (non-hydrogen) atoms. The Bertz CT molecular complexity index is 708. The average molecular weight is 313 g/mol. The van der Waals surface area contributed by atoms with Gasteiger partial charge in [-0.25, -0.2) is 4.39 Å². The first-order valence-electron chi connectivity index (χ1n) is 7.79. The average Bonchev–Trinajstić information content (AvgIpc) is 3.36. The molecule has 1 aliphatic carbocycles. The molecule has 0 heterocycles. The van der Waals surface area contributed by atoms with Gasteiger partial charge in [-0.2, -0.15) is 0 Å². The molecule has 2 aromatic rings. The summed E-state index contributed by atoms with van der Waals surface area (Å²) >= 11 is 0. The topological polar surface area (TPSA) is 29.5 Å². The molecule has 3 rings (SSSR count). The molecule has 0 radical (unpaired) electrons. The largest absolute Gasteiger partial charge is 0.496 e. The van der Waals surface area contributed by atoms with Crippen molar-refractivity contribution in [3.05, 3.63) is 59.4 Å². The number of anilines is 1. The number of carbonyl (C=O) groups is 1. The predicted molar refractivity (Wildman–Crippen MR) is 88.3 cm³/mol. The molecule has 0 atom stereocenters. The SMILES string of the molecule is COc1cc(CC(=O)N(c2ccc(F)cc2)C2CC2)ccc1C. The van der Waals surface area contributed by atoms with Crippen molar-refractivity contribution in [3.8, 4) is 5.75 Å². The molecular weight excluding hydrogens is 293 g/mol. The summed E-state index contributed by atoms with van der Waals surface area (Å²) in [6, 6.07) is 12.2. The summed E-state index contributed by atoms with van der Waals surface area (Å²) in [6.45, 7) is 1.97. The van der Waals surface area contributed by atoms with Gasteiger partial charge in [-0.3, -0.25) is 4.79 Å². The molecular formula is C19H20FNO2. The van der Waals surface area contributed by atoms with E-state index in [0.717, 1.165) is 35.4 Å². The molecule has 0 saturated heterocycles. The number of amides is 1. The van der Waals surface area contributed by atoms with Crippen molar-refractivity contribution < 1.29 is 13.9 Å². The van der Waals surface area contributed by atoms with E-state index >= 15 is 0 Å². The van der Waals surface area contributed by atoms with Gasteiger partial charge < -0.3 is 9.64 Å². The Hall–Kier alpha value is -2.36. The zero-order valence-corrected chi connectivity index (χ0v) is 13.4. The van der Waals surface area contributed by atoms with Crippen LogP contribution in [0.3, 0.4) is 0 Å². The van der Waals surface area contributed by atoms with Crippen LogP contribution in [-0.4, -0.2) is 19.1 Å². The van der Waals surface area contributed by atoms with Crippen molar-refractivity contribution in [3.63, 3.8) is 0 Å². The quantitative estimate of drug-likeness (QED) is 0.838. The fourth-order valence-electron chi connectivity index (χ4n) is 2.73. The van der Waals surface area contributed by atoms with Gasteiger partial charge in [-0.15, -0.1) is 0 Å². The number of ether oxygens (including phenoxy) is 1. The predicted octanol–water partition coefficient (Wildman–Crippen LogP) is 3.88. The van der Waals surface area contributed by atoms with Gasteiger partial charge in [0.1, 0.15) is 11.6 Å². The third kappa shape index (κ3) is 3.52. The van der Waals surface area contributed by atoms with E-state index in [1.807, 2.05) is 25.1 Å². The molecule has 0 unspecified atom stereocenters. The number of aryl methyl sites for hydroxylation is 1. The molecule has 4 heteroatoms. The fraction of sp³-hybridized carbons (Fsp3) is 0.316. The summed E-state index contributed by atoms with van der Waals surface area (Å²) in [7, 11) is 1.63. The Morgan fingerprint density at radius 3 is 2.52 bits per heavy atom. The molecule has 1 aliphatic rings. The van der Waals surface area contributed by atoms with Crippen molar-refractivity contribution in [1.29, 1.82) is 0 Å². The molecule has 3 nitrogen and oxygen atoms in total. The van der Waals surface area contributed by atoms with Gasteiger partial charge >= 0.3 is 0 Å². The minimum absolute atomic E-state index is 0.0324. The third-order valence-electron chi connectivity index (χ3n) is 4.11. The molecule has 0 bridgehead atoms. The zero-order chi connectivity index (χ0) is 16.4. The number of hydrogen-bond acceptors (Lipinski definition) is 2. The van der Waals surface area contributed by atoms with Crippen LogP contribution in [0, 0.1) is 12.7 Å². The number of rotatable bonds is 5.